The Bertz CT molecular complexity index is 372. The van der Waals surface area contributed by atoms with Crippen molar-refractivity contribution < 1.29 is 13.5 Å². The maximum absolute atomic E-state index is 11.7. The fourth-order valence-electron chi connectivity index (χ4n) is 1.15. The Kier molecular flexibility index (Phi) is 4.72. The predicted octanol–water partition coefficient (Wildman–Crippen LogP) is 0.492. The molecular weight excluding hydrogens is 234 g/mol. The molecule has 15 heavy (non-hydrogen) atoms. The normalized spacial score (nSPS) is 14.0. The van der Waals surface area contributed by atoms with Gasteiger partial charge in [-0.2, -0.15) is 0 Å². The highest BCUT2D eigenvalue weighted by Crippen LogP contribution is 2.17. The average molecular weight is 249 g/mol. The van der Waals surface area contributed by atoms with Crippen molar-refractivity contribution in [2.45, 2.75) is 17.2 Å². The monoisotopic (exact) mass is 249 g/mol. The molecule has 4 nitrogen and oxygen atoms in total. The van der Waals surface area contributed by atoms with E-state index in [9.17, 15) is 13.5 Å². The third-order valence-electron chi connectivity index (χ3n) is 1.84. The summed E-state index contributed by atoms with van der Waals surface area (Å²) < 4.78 is 23.7. The number of rotatable bonds is 6. The molecule has 0 spiro atoms. The Morgan fingerprint density at radius 2 is 2.33 bits per heavy atom. The molecule has 6 heteroatoms. The lowest BCUT2D eigenvalue weighted by Gasteiger charge is -2.10. The van der Waals surface area contributed by atoms with E-state index in [2.05, 4.69) is 5.32 Å². The predicted molar refractivity (Wildman–Crippen MR) is 60.9 cm³/mol. The van der Waals surface area contributed by atoms with Gasteiger partial charge in [0.15, 0.2) is 9.84 Å². The number of sulfone groups is 1. The minimum atomic E-state index is -3.32. The molecule has 1 unspecified atom stereocenters. The molecule has 0 aliphatic carbocycles. The highest BCUT2D eigenvalue weighted by molar-refractivity contribution is 7.93. The zero-order valence-corrected chi connectivity index (χ0v) is 10.1. The van der Waals surface area contributed by atoms with Crippen LogP contribution in [0.4, 0.5) is 0 Å². The second kappa shape index (κ2) is 5.60. The average Bonchev–Trinajstić information content (AvgIpc) is 2.67. The molecule has 1 atom stereocenters. The van der Waals surface area contributed by atoms with Crippen LogP contribution in [-0.4, -0.2) is 38.5 Å². The molecule has 0 bridgehead atoms. The van der Waals surface area contributed by atoms with Crippen molar-refractivity contribution in [1.82, 2.24) is 5.32 Å². The Morgan fingerprint density at radius 1 is 1.60 bits per heavy atom. The Hall–Kier alpha value is -0.430. The number of hydrogen-bond donors (Lipinski definition) is 2. The van der Waals surface area contributed by atoms with Crippen molar-refractivity contribution in [2.75, 3.05) is 18.8 Å². The molecule has 0 radical (unpaired) electrons. The second-order valence-electron chi connectivity index (χ2n) is 3.18. The van der Waals surface area contributed by atoms with Crippen molar-refractivity contribution in [3.05, 3.63) is 17.5 Å². The molecule has 1 rings (SSSR count). The van der Waals surface area contributed by atoms with E-state index in [1.165, 1.54) is 11.3 Å². The van der Waals surface area contributed by atoms with E-state index in [4.69, 9.17) is 0 Å². The van der Waals surface area contributed by atoms with Crippen molar-refractivity contribution >= 4 is 21.2 Å². The fraction of sp³-hybridized carbons (Fsp3) is 0.556. The van der Waals surface area contributed by atoms with Crippen molar-refractivity contribution in [3.8, 4) is 0 Å². The van der Waals surface area contributed by atoms with Crippen LogP contribution >= 0.6 is 11.3 Å². The number of thiophene rings is 1. The van der Waals surface area contributed by atoms with E-state index in [-0.39, 0.29) is 5.75 Å². The van der Waals surface area contributed by atoms with Gasteiger partial charge in [-0.1, -0.05) is 13.0 Å². The van der Waals surface area contributed by atoms with Gasteiger partial charge in [-0.25, -0.2) is 8.42 Å². The molecule has 1 aromatic heterocycles. The zero-order chi connectivity index (χ0) is 11.3. The lowest BCUT2D eigenvalue weighted by molar-refractivity contribution is 0.194. The summed E-state index contributed by atoms with van der Waals surface area (Å²) in [5.74, 6) is -0.222. The fourth-order valence-corrected chi connectivity index (χ4v) is 3.63. The SMILES string of the molecule is CCNCC(O)CS(=O)(=O)c1cccs1. The quantitative estimate of drug-likeness (QED) is 0.770. The molecule has 86 valence electrons. The molecule has 0 saturated carbocycles. The third-order valence-corrected chi connectivity index (χ3v) is 5.13. The first-order valence-electron chi connectivity index (χ1n) is 4.71. The minimum Gasteiger partial charge on any atom is -0.391 e. The van der Waals surface area contributed by atoms with E-state index in [0.29, 0.717) is 10.8 Å². The van der Waals surface area contributed by atoms with Crippen LogP contribution in [-0.2, 0) is 9.84 Å². The topological polar surface area (TPSA) is 66.4 Å². The smallest absolute Gasteiger partial charge is 0.190 e. The molecular formula is C9H15NO3S2. The van der Waals surface area contributed by atoms with Gasteiger partial charge in [0.25, 0.3) is 0 Å². The molecule has 0 aromatic carbocycles. The van der Waals surface area contributed by atoms with Gasteiger partial charge >= 0.3 is 0 Å². The van der Waals surface area contributed by atoms with Crippen LogP contribution in [0.1, 0.15) is 6.92 Å². The summed E-state index contributed by atoms with van der Waals surface area (Å²) in [6.45, 7) is 2.93. The standard InChI is InChI=1S/C9H15NO3S2/c1-2-10-6-8(11)7-15(12,13)9-4-3-5-14-9/h3-5,8,10-11H,2,6-7H2,1H3. The molecule has 1 aromatic rings. The lowest BCUT2D eigenvalue weighted by atomic mass is 10.4. The van der Waals surface area contributed by atoms with Crippen molar-refractivity contribution in [3.63, 3.8) is 0 Å². The lowest BCUT2D eigenvalue weighted by Crippen LogP contribution is -2.32. The van der Waals surface area contributed by atoms with Crippen LogP contribution in [0.5, 0.6) is 0 Å². The maximum Gasteiger partial charge on any atom is 0.190 e. The van der Waals surface area contributed by atoms with Gasteiger partial charge in [-0.05, 0) is 18.0 Å². The highest BCUT2D eigenvalue weighted by Gasteiger charge is 2.20. The highest BCUT2D eigenvalue weighted by atomic mass is 32.2. The molecule has 0 aliphatic heterocycles. The van der Waals surface area contributed by atoms with E-state index in [1.54, 1.807) is 17.5 Å². The summed E-state index contributed by atoms with van der Waals surface area (Å²) in [6, 6.07) is 3.24. The van der Waals surface area contributed by atoms with E-state index in [0.717, 1.165) is 6.54 Å². The van der Waals surface area contributed by atoms with Gasteiger partial charge in [0, 0.05) is 6.54 Å². The van der Waals surface area contributed by atoms with Crippen molar-refractivity contribution in [1.29, 1.82) is 0 Å². The molecule has 0 fully saturated rings. The van der Waals surface area contributed by atoms with Gasteiger partial charge in [0.1, 0.15) is 4.21 Å². The first-order chi connectivity index (χ1) is 7.06. The maximum atomic E-state index is 11.7. The number of nitrogens with one attached hydrogen (secondary N) is 1. The summed E-state index contributed by atoms with van der Waals surface area (Å²) >= 11 is 1.18. The minimum absolute atomic E-state index is 0.222. The Morgan fingerprint density at radius 3 is 2.87 bits per heavy atom. The molecule has 0 aliphatic rings. The molecule has 2 N–H and O–H groups in total. The Labute approximate surface area is 93.9 Å². The second-order valence-corrected chi connectivity index (χ2v) is 6.38. The van der Waals surface area contributed by atoms with Crippen molar-refractivity contribution in [2.24, 2.45) is 0 Å². The zero-order valence-electron chi connectivity index (χ0n) is 8.51. The van der Waals surface area contributed by atoms with Gasteiger partial charge < -0.3 is 10.4 Å². The van der Waals surface area contributed by atoms with Gasteiger partial charge in [-0.3, -0.25) is 0 Å². The van der Waals surface area contributed by atoms with Crippen LogP contribution in [0.25, 0.3) is 0 Å². The third kappa shape index (κ3) is 3.90. The largest absolute Gasteiger partial charge is 0.391 e. The summed E-state index contributed by atoms with van der Waals surface area (Å²) in [4.78, 5) is 0. The van der Waals surface area contributed by atoms with Gasteiger partial charge in [0.2, 0.25) is 0 Å². The van der Waals surface area contributed by atoms with Crippen LogP contribution in [0.2, 0.25) is 0 Å². The van der Waals surface area contributed by atoms with E-state index in [1.807, 2.05) is 6.92 Å². The van der Waals surface area contributed by atoms with Gasteiger partial charge in [0.05, 0.1) is 11.9 Å². The number of hydrogen-bond acceptors (Lipinski definition) is 5. The number of aliphatic hydroxyl groups excluding tert-OH is 1. The van der Waals surface area contributed by atoms with Crippen LogP contribution in [0.15, 0.2) is 21.7 Å². The Balaban J connectivity index is 2.57. The summed E-state index contributed by atoms with van der Waals surface area (Å²) in [7, 11) is -3.32. The van der Waals surface area contributed by atoms with Crippen LogP contribution in [0.3, 0.4) is 0 Å². The molecule has 1 heterocycles. The summed E-state index contributed by atoms with van der Waals surface area (Å²) in [5.41, 5.74) is 0. The number of likely N-dealkylation sites (N-methyl/N-ethyl adjacent to an activating group) is 1. The van der Waals surface area contributed by atoms with Gasteiger partial charge in [-0.15, -0.1) is 11.3 Å². The molecule has 0 saturated heterocycles. The number of aliphatic hydroxyl groups is 1. The summed E-state index contributed by atoms with van der Waals surface area (Å²) in [6.07, 6.45) is -0.850. The van der Waals surface area contributed by atoms with E-state index >= 15 is 0 Å². The summed E-state index contributed by atoms with van der Waals surface area (Å²) in [5, 5.41) is 14.1. The first kappa shape index (κ1) is 12.6. The van der Waals surface area contributed by atoms with Crippen LogP contribution < -0.4 is 5.32 Å². The van der Waals surface area contributed by atoms with Crippen LogP contribution in [0, 0.1) is 0 Å². The van der Waals surface area contributed by atoms with E-state index < -0.39 is 15.9 Å². The molecule has 0 amide bonds. The first-order valence-corrected chi connectivity index (χ1v) is 7.24.